The molecule has 0 aliphatic heterocycles. The van der Waals surface area contributed by atoms with Gasteiger partial charge in [0, 0.05) is 24.0 Å². The van der Waals surface area contributed by atoms with Crippen molar-refractivity contribution in [2.75, 3.05) is 5.75 Å². The van der Waals surface area contributed by atoms with E-state index in [1.54, 1.807) is 17.0 Å². The summed E-state index contributed by atoms with van der Waals surface area (Å²) in [5.74, 6) is -0.612. The van der Waals surface area contributed by atoms with Crippen molar-refractivity contribution in [2.45, 2.75) is 31.5 Å². The van der Waals surface area contributed by atoms with E-state index in [-0.39, 0.29) is 16.7 Å². The lowest BCUT2D eigenvalue weighted by atomic mass is 10.1. The maximum absolute atomic E-state index is 12.0. The minimum atomic E-state index is -0.928. The monoisotopic (exact) mass is 308 g/mol. The number of rotatable bonds is 4. The largest absolute Gasteiger partial charge is 0.481 e. The van der Waals surface area contributed by atoms with Crippen LogP contribution in [-0.2, 0) is 10.3 Å². The highest BCUT2D eigenvalue weighted by molar-refractivity contribution is 7.99. The van der Waals surface area contributed by atoms with Gasteiger partial charge in [-0.05, 0) is 20.8 Å². The van der Waals surface area contributed by atoms with Gasteiger partial charge < -0.3 is 10.1 Å². The Labute approximate surface area is 125 Å². The number of aliphatic carboxylic acids is 1. The average Bonchev–Trinajstić information content (AvgIpc) is 2.80. The van der Waals surface area contributed by atoms with Crippen molar-refractivity contribution in [3.05, 3.63) is 28.7 Å². The van der Waals surface area contributed by atoms with Crippen LogP contribution in [0.5, 0.6) is 0 Å². The maximum atomic E-state index is 12.0. The summed E-state index contributed by atoms with van der Waals surface area (Å²) >= 11 is 1.08. The van der Waals surface area contributed by atoms with Crippen molar-refractivity contribution in [3.8, 4) is 11.4 Å². The molecule has 2 N–H and O–H groups in total. The molecule has 0 aliphatic rings. The summed E-state index contributed by atoms with van der Waals surface area (Å²) in [6.07, 6.45) is 3.12. The standard InChI is InChI=1S/C13H16N4O3S/c1-13(2,3)17-11(8-6-14-5-4-9(8)18)15-16-12(17)21-7-10(19)20/h4-6H,7H2,1-3H3,(H,14,18)(H,19,20). The van der Waals surface area contributed by atoms with E-state index in [1.807, 2.05) is 20.8 Å². The van der Waals surface area contributed by atoms with E-state index in [0.717, 1.165) is 11.8 Å². The van der Waals surface area contributed by atoms with Gasteiger partial charge in [-0.1, -0.05) is 11.8 Å². The second-order valence-corrected chi connectivity index (χ2v) is 6.36. The molecule has 0 aromatic carbocycles. The highest BCUT2D eigenvalue weighted by atomic mass is 32.2. The fourth-order valence-electron chi connectivity index (χ4n) is 1.86. The third-order valence-corrected chi connectivity index (χ3v) is 3.61. The van der Waals surface area contributed by atoms with E-state index in [1.165, 1.54) is 6.07 Å². The van der Waals surface area contributed by atoms with Gasteiger partial charge in [-0.15, -0.1) is 10.2 Å². The Morgan fingerprint density at radius 2 is 2.14 bits per heavy atom. The van der Waals surface area contributed by atoms with E-state index in [2.05, 4.69) is 15.2 Å². The van der Waals surface area contributed by atoms with Gasteiger partial charge in [-0.25, -0.2) is 0 Å². The molecule has 7 nitrogen and oxygen atoms in total. The highest BCUT2D eigenvalue weighted by Crippen LogP contribution is 2.29. The molecule has 0 unspecified atom stereocenters. The van der Waals surface area contributed by atoms with Gasteiger partial charge in [-0.3, -0.25) is 14.2 Å². The van der Waals surface area contributed by atoms with Crippen molar-refractivity contribution >= 4 is 17.7 Å². The van der Waals surface area contributed by atoms with Gasteiger partial charge in [0.25, 0.3) is 0 Å². The number of H-pyrrole nitrogens is 1. The molecule has 0 amide bonds. The lowest BCUT2D eigenvalue weighted by Gasteiger charge is -2.24. The average molecular weight is 308 g/mol. The smallest absolute Gasteiger partial charge is 0.313 e. The molecular weight excluding hydrogens is 292 g/mol. The van der Waals surface area contributed by atoms with E-state index in [9.17, 15) is 9.59 Å². The maximum Gasteiger partial charge on any atom is 0.313 e. The Hall–Kier alpha value is -2.09. The molecule has 0 saturated carbocycles. The molecule has 21 heavy (non-hydrogen) atoms. The molecule has 2 heterocycles. The second kappa shape index (κ2) is 5.72. The van der Waals surface area contributed by atoms with Crippen LogP contribution in [0.25, 0.3) is 11.4 Å². The molecule has 0 atom stereocenters. The van der Waals surface area contributed by atoms with Gasteiger partial charge in [0.15, 0.2) is 16.4 Å². The van der Waals surface area contributed by atoms with Crippen LogP contribution < -0.4 is 5.43 Å². The zero-order valence-electron chi connectivity index (χ0n) is 12.0. The first kappa shape index (κ1) is 15.3. The fraction of sp³-hybridized carbons (Fsp3) is 0.385. The van der Waals surface area contributed by atoms with E-state index < -0.39 is 5.97 Å². The molecule has 0 saturated heterocycles. The van der Waals surface area contributed by atoms with Crippen molar-refractivity contribution in [1.82, 2.24) is 19.7 Å². The Kier molecular flexibility index (Phi) is 4.17. The number of hydrogen-bond donors (Lipinski definition) is 2. The van der Waals surface area contributed by atoms with Gasteiger partial charge >= 0.3 is 5.97 Å². The van der Waals surface area contributed by atoms with Crippen LogP contribution in [0, 0.1) is 0 Å². The summed E-state index contributed by atoms with van der Waals surface area (Å²) in [7, 11) is 0. The summed E-state index contributed by atoms with van der Waals surface area (Å²) in [5.41, 5.74) is -0.148. The van der Waals surface area contributed by atoms with E-state index in [4.69, 9.17) is 5.11 Å². The summed E-state index contributed by atoms with van der Waals surface area (Å²) in [5, 5.41) is 17.4. The number of carbonyl (C=O) groups is 1. The molecule has 2 rings (SSSR count). The quantitative estimate of drug-likeness (QED) is 0.831. The van der Waals surface area contributed by atoms with Crippen molar-refractivity contribution in [2.24, 2.45) is 0 Å². The zero-order chi connectivity index (χ0) is 15.6. The van der Waals surface area contributed by atoms with Gasteiger partial charge in [0.2, 0.25) is 0 Å². The van der Waals surface area contributed by atoms with Crippen LogP contribution in [0.2, 0.25) is 0 Å². The lowest BCUT2D eigenvalue weighted by molar-refractivity contribution is -0.133. The Bertz CT molecular complexity index is 715. The Morgan fingerprint density at radius 1 is 1.43 bits per heavy atom. The van der Waals surface area contributed by atoms with E-state index >= 15 is 0 Å². The van der Waals surface area contributed by atoms with Crippen LogP contribution in [0.1, 0.15) is 20.8 Å². The number of nitrogens with one attached hydrogen (secondary N) is 1. The summed E-state index contributed by atoms with van der Waals surface area (Å²) in [6.45, 7) is 5.84. The minimum Gasteiger partial charge on any atom is -0.481 e. The third kappa shape index (κ3) is 3.33. The van der Waals surface area contributed by atoms with E-state index in [0.29, 0.717) is 16.5 Å². The number of carboxylic acid groups (broad SMARTS) is 1. The number of thioether (sulfide) groups is 1. The van der Waals surface area contributed by atoms with Crippen LogP contribution in [-0.4, -0.2) is 36.6 Å². The molecule has 8 heteroatoms. The number of carboxylic acids is 1. The fourth-order valence-corrected chi connectivity index (χ4v) is 2.70. The molecule has 2 aromatic heterocycles. The topological polar surface area (TPSA) is 101 Å². The summed E-state index contributed by atoms with van der Waals surface area (Å²) in [6, 6.07) is 1.42. The minimum absolute atomic E-state index is 0.112. The normalized spacial score (nSPS) is 11.6. The highest BCUT2D eigenvalue weighted by Gasteiger charge is 2.25. The Balaban J connectivity index is 2.55. The number of aromatic amines is 1. The molecule has 112 valence electrons. The Morgan fingerprint density at radius 3 is 2.71 bits per heavy atom. The predicted molar refractivity (Wildman–Crippen MR) is 79.4 cm³/mol. The van der Waals surface area contributed by atoms with Gasteiger partial charge in [0.05, 0.1) is 11.3 Å². The summed E-state index contributed by atoms with van der Waals surface area (Å²) < 4.78 is 1.78. The first-order valence-electron chi connectivity index (χ1n) is 6.28. The second-order valence-electron chi connectivity index (χ2n) is 5.42. The van der Waals surface area contributed by atoms with Gasteiger partial charge in [-0.2, -0.15) is 0 Å². The number of hydrogen-bond acceptors (Lipinski definition) is 5. The SMILES string of the molecule is CC(C)(C)n1c(SCC(=O)O)nnc1-c1c[nH]ccc1=O. The van der Waals surface area contributed by atoms with Crippen LogP contribution >= 0.6 is 11.8 Å². The molecule has 2 aromatic rings. The third-order valence-electron chi connectivity index (χ3n) is 2.69. The molecule has 0 radical (unpaired) electrons. The predicted octanol–water partition coefficient (Wildman–Crippen LogP) is 1.57. The van der Waals surface area contributed by atoms with Gasteiger partial charge in [0.1, 0.15) is 0 Å². The first-order valence-corrected chi connectivity index (χ1v) is 7.27. The van der Waals surface area contributed by atoms with Crippen LogP contribution in [0.3, 0.4) is 0 Å². The lowest BCUT2D eigenvalue weighted by Crippen LogP contribution is -2.25. The molecule has 0 bridgehead atoms. The van der Waals surface area contributed by atoms with Crippen LogP contribution in [0.15, 0.2) is 28.4 Å². The molecule has 0 spiro atoms. The number of aromatic nitrogens is 4. The molecule has 0 fully saturated rings. The van der Waals surface area contributed by atoms with Crippen molar-refractivity contribution in [1.29, 1.82) is 0 Å². The van der Waals surface area contributed by atoms with Crippen LogP contribution in [0.4, 0.5) is 0 Å². The van der Waals surface area contributed by atoms with Crippen molar-refractivity contribution in [3.63, 3.8) is 0 Å². The van der Waals surface area contributed by atoms with Crippen molar-refractivity contribution < 1.29 is 9.90 Å². The number of nitrogens with zero attached hydrogens (tertiary/aromatic N) is 3. The molecular formula is C13H16N4O3S. The summed E-state index contributed by atoms with van der Waals surface area (Å²) in [4.78, 5) is 25.6. The first-order chi connectivity index (χ1) is 9.80. The number of pyridine rings is 1. The zero-order valence-corrected chi connectivity index (χ0v) is 12.8. The molecule has 0 aliphatic carbocycles.